The Morgan fingerprint density at radius 2 is 1.79 bits per heavy atom. The van der Waals surface area contributed by atoms with Crippen molar-refractivity contribution in [2.24, 2.45) is 0 Å². The van der Waals surface area contributed by atoms with E-state index in [4.69, 9.17) is 4.74 Å². The number of aryl methyl sites for hydroxylation is 1. The molecule has 2 rings (SSSR count). The van der Waals surface area contributed by atoms with Crippen molar-refractivity contribution >= 4 is 17.5 Å². The molecule has 9 heteroatoms. The van der Waals surface area contributed by atoms with Gasteiger partial charge in [-0.3, -0.25) is 15.4 Å². The molecule has 0 spiro atoms. The standard InChI is InChI=1S/C15H11F3N2O4/c1-9-8-10(2-7-13(9)15(16,17)18)19-14(21)24-12-5-3-11(4-6-12)20(22)23/h2-8H,1H3,(H,19,21). The number of carbonyl (C=O) groups is 1. The van der Waals surface area contributed by atoms with E-state index in [2.05, 4.69) is 5.32 Å². The largest absolute Gasteiger partial charge is 0.417 e. The van der Waals surface area contributed by atoms with Crippen molar-refractivity contribution in [1.29, 1.82) is 0 Å². The van der Waals surface area contributed by atoms with Crippen molar-refractivity contribution in [2.45, 2.75) is 13.1 Å². The second kappa shape index (κ2) is 6.57. The van der Waals surface area contributed by atoms with Gasteiger partial charge in [-0.2, -0.15) is 13.2 Å². The summed E-state index contributed by atoms with van der Waals surface area (Å²) in [7, 11) is 0. The molecule has 1 amide bonds. The van der Waals surface area contributed by atoms with Crippen molar-refractivity contribution in [1.82, 2.24) is 0 Å². The third-order valence-corrected chi connectivity index (χ3v) is 3.04. The van der Waals surface area contributed by atoms with Crippen LogP contribution in [-0.4, -0.2) is 11.0 Å². The van der Waals surface area contributed by atoms with Gasteiger partial charge in [-0.05, 0) is 42.8 Å². The number of anilines is 1. The van der Waals surface area contributed by atoms with Gasteiger partial charge < -0.3 is 4.74 Å². The van der Waals surface area contributed by atoms with Crippen LogP contribution < -0.4 is 10.1 Å². The number of halogens is 3. The van der Waals surface area contributed by atoms with Gasteiger partial charge in [0.25, 0.3) is 5.69 Å². The number of benzene rings is 2. The first-order valence-corrected chi connectivity index (χ1v) is 6.58. The summed E-state index contributed by atoms with van der Waals surface area (Å²) < 4.78 is 42.9. The smallest absolute Gasteiger partial charge is 0.410 e. The predicted octanol–water partition coefficient (Wildman–Crippen LogP) is 4.53. The Morgan fingerprint density at radius 1 is 1.17 bits per heavy atom. The van der Waals surface area contributed by atoms with Crippen LogP contribution in [0.2, 0.25) is 0 Å². The molecule has 0 aliphatic rings. The van der Waals surface area contributed by atoms with Crippen LogP contribution in [0.25, 0.3) is 0 Å². The summed E-state index contributed by atoms with van der Waals surface area (Å²) in [5.74, 6) is 0.0572. The maximum Gasteiger partial charge on any atom is 0.417 e. The molecule has 0 saturated carbocycles. The third-order valence-electron chi connectivity index (χ3n) is 3.04. The van der Waals surface area contributed by atoms with Crippen LogP contribution in [0.3, 0.4) is 0 Å². The highest BCUT2D eigenvalue weighted by atomic mass is 19.4. The van der Waals surface area contributed by atoms with Gasteiger partial charge in [0.1, 0.15) is 5.75 Å². The fourth-order valence-corrected chi connectivity index (χ4v) is 1.95. The Balaban J connectivity index is 2.04. The molecule has 0 heterocycles. The summed E-state index contributed by atoms with van der Waals surface area (Å²) in [6, 6.07) is 7.91. The zero-order chi connectivity index (χ0) is 17.9. The van der Waals surface area contributed by atoms with Crippen LogP contribution in [0.15, 0.2) is 42.5 Å². The van der Waals surface area contributed by atoms with Gasteiger partial charge in [0.15, 0.2) is 0 Å². The highest BCUT2D eigenvalue weighted by Gasteiger charge is 2.32. The summed E-state index contributed by atoms with van der Waals surface area (Å²) in [5, 5.41) is 12.8. The van der Waals surface area contributed by atoms with E-state index in [1.807, 2.05) is 0 Å². The average Bonchev–Trinajstić information content (AvgIpc) is 2.46. The quantitative estimate of drug-likeness (QED) is 0.657. The number of non-ortho nitro benzene ring substituents is 1. The first kappa shape index (κ1) is 17.3. The Hall–Kier alpha value is -3.10. The highest BCUT2D eigenvalue weighted by Crippen LogP contribution is 2.32. The summed E-state index contributed by atoms with van der Waals surface area (Å²) in [5.41, 5.74) is -0.874. The molecule has 0 fully saturated rings. The van der Waals surface area contributed by atoms with Crippen LogP contribution in [0.1, 0.15) is 11.1 Å². The van der Waals surface area contributed by atoms with Crippen molar-refractivity contribution in [3.8, 4) is 5.75 Å². The van der Waals surface area contributed by atoms with Crippen LogP contribution in [-0.2, 0) is 6.18 Å². The van der Waals surface area contributed by atoms with E-state index >= 15 is 0 Å². The molecular weight excluding hydrogens is 329 g/mol. The van der Waals surface area contributed by atoms with E-state index in [1.54, 1.807) is 0 Å². The van der Waals surface area contributed by atoms with Gasteiger partial charge in [-0.25, -0.2) is 4.79 Å². The normalized spacial score (nSPS) is 11.0. The Bertz CT molecular complexity index is 773. The number of nitrogens with one attached hydrogen (secondary N) is 1. The second-order valence-electron chi connectivity index (χ2n) is 4.79. The van der Waals surface area contributed by atoms with Crippen LogP contribution in [0.5, 0.6) is 5.75 Å². The molecular formula is C15H11F3N2O4. The van der Waals surface area contributed by atoms with E-state index < -0.39 is 22.8 Å². The Labute approximate surface area is 134 Å². The second-order valence-corrected chi connectivity index (χ2v) is 4.79. The van der Waals surface area contributed by atoms with E-state index in [9.17, 15) is 28.1 Å². The number of nitrogens with zero attached hydrogens (tertiary/aromatic N) is 1. The molecule has 1 N–H and O–H groups in total. The SMILES string of the molecule is Cc1cc(NC(=O)Oc2ccc([N+](=O)[O-])cc2)ccc1C(F)(F)F. The van der Waals surface area contributed by atoms with Gasteiger partial charge in [-0.15, -0.1) is 0 Å². The Morgan fingerprint density at radius 3 is 2.29 bits per heavy atom. The maximum absolute atomic E-state index is 12.7. The zero-order valence-corrected chi connectivity index (χ0v) is 12.3. The molecule has 2 aromatic rings. The average molecular weight is 340 g/mol. The van der Waals surface area contributed by atoms with E-state index in [0.717, 1.165) is 24.3 Å². The minimum absolute atomic E-state index is 0.0457. The third kappa shape index (κ3) is 4.22. The summed E-state index contributed by atoms with van der Waals surface area (Å²) in [6.45, 7) is 1.27. The highest BCUT2D eigenvalue weighted by molar-refractivity contribution is 5.86. The number of nitro groups is 1. The fraction of sp³-hybridized carbons (Fsp3) is 0.133. The molecule has 2 aromatic carbocycles. The van der Waals surface area contributed by atoms with Crippen molar-refractivity contribution in [2.75, 3.05) is 5.32 Å². The minimum atomic E-state index is -4.47. The van der Waals surface area contributed by atoms with Gasteiger partial charge in [0, 0.05) is 17.8 Å². The van der Waals surface area contributed by atoms with Crippen molar-refractivity contribution in [3.63, 3.8) is 0 Å². The molecule has 24 heavy (non-hydrogen) atoms. The number of amides is 1. The number of hydrogen-bond acceptors (Lipinski definition) is 4. The van der Waals surface area contributed by atoms with Gasteiger partial charge in [0.2, 0.25) is 0 Å². The number of rotatable bonds is 3. The predicted molar refractivity (Wildman–Crippen MR) is 78.9 cm³/mol. The molecule has 0 aliphatic carbocycles. The van der Waals surface area contributed by atoms with Crippen LogP contribution >= 0.6 is 0 Å². The van der Waals surface area contributed by atoms with Crippen molar-refractivity contribution in [3.05, 3.63) is 63.7 Å². The number of carbonyl (C=O) groups excluding carboxylic acids is 1. The number of alkyl halides is 3. The lowest BCUT2D eigenvalue weighted by atomic mass is 10.1. The van der Waals surface area contributed by atoms with E-state index in [0.29, 0.717) is 0 Å². The first-order chi connectivity index (χ1) is 11.2. The molecule has 0 radical (unpaired) electrons. The summed E-state index contributed by atoms with van der Waals surface area (Å²) in [6.07, 6.45) is -5.40. The van der Waals surface area contributed by atoms with Crippen molar-refractivity contribution < 1.29 is 27.6 Å². The number of hydrogen-bond donors (Lipinski definition) is 1. The number of nitro benzene ring substituents is 1. The lowest BCUT2D eigenvalue weighted by Gasteiger charge is -2.12. The molecule has 0 aromatic heterocycles. The van der Waals surface area contributed by atoms with Crippen LogP contribution in [0.4, 0.5) is 29.3 Å². The molecule has 0 unspecified atom stereocenters. The zero-order valence-electron chi connectivity index (χ0n) is 12.3. The summed E-state index contributed by atoms with van der Waals surface area (Å²) >= 11 is 0. The molecule has 0 bridgehead atoms. The van der Waals surface area contributed by atoms with Gasteiger partial charge in [-0.1, -0.05) is 0 Å². The maximum atomic E-state index is 12.7. The van der Waals surface area contributed by atoms with Gasteiger partial charge >= 0.3 is 12.3 Å². The minimum Gasteiger partial charge on any atom is -0.410 e. The molecule has 126 valence electrons. The summed E-state index contributed by atoms with van der Waals surface area (Å²) in [4.78, 5) is 21.6. The fourth-order valence-electron chi connectivity index (χ4n) is 1.95. The molecule has 0 aliphatic heterocycles. The first-order valence-electron chi connectivity index (χ1n) is 6.58. The molecule has 6 nitrogen and oxygen atoms in total. The Kier molecular flexibility index (Phi) is 4.72. The lowest BCUT2D eigenvalue weighted by Crippen LogP contribution is -2.17. The molecule has 0 atom stereocenters. The monoisotopic (exact) mass is 340 g/mol. The number of ether oxygens (including phenoxy) is 1. The topological polar surface area (TPSA) is 81.5 Å². The van der Waals surface area contributed by atoms with Crippen LogP contribution in [0, 0.1) is 17.0 Å². The van der Waals surface area contributed by atoms with E-state index in [1.165, 1.54) is 25.1 Å². The lowest BCUT2D eigenvalue weighted by molar-refractivity contribution is -0.384. The van der Waals surface area contributed by atoms with Gasteiger partial charge in [0.05, 0.1) is 10.5 Å². The van der Waals surface area contributed by atoms with E-state index in [-0.39, 0.29) is 22.7 Å². The molecule has 0 saturated heterocycles.